The van der Waals surface area contributed by atoms with E-state index in [0.717, 1.165) is 32.1 Å². The Morgan fingerprint density at radius 2 is 1.91 bits per heavy atom. The summed E-state index contributed by atoms with van der Waals surface area (Å²) >= 11 is 0. The molecule has 2 aliphatic heterocycles. The van der Waals surface area contributed by atoms with Gasteiger partial charge in [-0.05, 0) is 37.3 Å². The number of aromatic nitrogens is 2. The Morgan fingerprint density at radius 3 is 2.69 bits per heavy atom. The highest BCUT2D eigenvalue weighted by Crippen LogP contribution is 2.27. The van der Waals surface area contributed by atoms with Crippen LogP contribution in [-0.4, -0.2) is 66.5 Å². The summed E-state index contributed by atoms with van der Waals surface area (Å²) in [6.07, 6.45) is 7.94. The zero-order chi connectivity index (χ0) is 22.5. The van der Waals surface area contributed by atoms with E-state index in [0.29, 0.717) is 42.5 Å². The third kappa shape index (κ3) is 5.00. The number of rotatable bonds is 2. The number of likely N-dealkylation sites (tertiary alicyclic amines) is 1. The number of ether oxygens (including phenoxy) is 1. The van der Waals surface area contributed by atoms with E-state index in [2.05, 4.69) is 15.3 Å². The van der Waals surface area contributed by atoms with Crippen LogP contribution in [0, 0.1) is 5.92 Å². The zero-order valence-electron chi connectivity index (χ0n) is 18.8. The first kappa shape index (κ1) is 22.0. The van der Waals surface area contributed by atoms with Crippen LogP contribution in [0.25, 0.3) is 0 Å². The van der Waals surface area contributed by atoms with Crippen LogP contribution in [-0.2, 0) is 0 Å². The summed E-state index contributed by atoms with van der Waals surface area (Å²) in [6.45, 7) is 1.82. The highest BCUT2D eigenvalue weighted by atomic mass is 16.5. The molecule has 0 saturated carbocycles. The molecule has 3 heterocycles. The average molecular weight is 438 g/mol. The highest BCUT2D eigenvalue weighted by Gasteiger charge is 2.33. The molecule has 0 unspecified atom stereocenters. The fourth-order valence-corrected chi connectivity index (χ4v) is 4.44. The second-order valence-corrected chi connectivity index (χ2v) is 8.74. The van der Waals surface area contributed by atoms with Gasteiger partial charge in [-0.2, -0.15) is 0 Å². The lowest BCUT2D eigenvalue weighted by atomic mass is 9.87. The predicted octanol–water partition coefficient (Wildman–Crippen LogP) is 2.76. The smallest absolute Gasteiger partial charge is 0.257 e. The number of anilines is 1. The van der Waals surface area contributed by atoms with Crippen molar-refractivity contribution in [1.29, 1.82) is 0 Å². The van der Waals surface area contributed by atoms with Crippen molar-refractivity contribution in [3.8, 4) is 5.75 Å². The number of fused-ring (bicyclic) bond motifs is 2. The number of benzene rings is 1. The number of nitrogens with one attached hydrogen (secondary N) is 1. The minimum atomic E-state index is -0.108. The minimum absolute atomic E-state index is 0.0337. The molecule has 170 valence electrons. The summed E-state index contributed by atoms with van der Waals surface area (Å²) in [5, 5.41) is 3.23. The molecule has 8 nitrogen and oxygen atoms in total. The Kier molecular flexibility index (Phi) is 6.87. The third-order valence-corrected chi connectivity index (χ3v) is 6.23. The largest absolute Gasteiger partial charge is 0.493 e. The molecule has 4 rings (SSSR count). The van der Waals surface area contributed by atoms with Gasteiger partial charge in [-0.1, -0.05) is 25.0 Å². The highest BCUT2D eigenvalue weighted by molar-refractivity contribution is 5.97. The molecule has 0 aliphatic carbocycles. The lowest BCUT2D eigenvalue weighted by molar-refractivity contribution is 0.0603. The summed E-state index contributed by atoms with van der Waals surface area (Å²) in [7, 11) is 3.73. The number of hydrogen-bond acceptors (Lipinski definition) is 6. The summed E-state index contributed by atoms with van der Waals surface area (Å²) < 4.78 is 5.86. The predicted molar refractivity (Wildman–Crippen MR) is 122 cm³/mol. The molecular weight excluding hydrogens is 406 g/mol. The molecule has 32 heavy (non-hydrogen) atoms. The average Bonchev–Trinajstić information content (AvgIpc) is 2.81. The maximum atomic E-state index is 13.1. The lowest BCUT2D eigenvalue weighted by Crippen LogP contribution is -2.52. The number of amides is 2. The number of nitrogens with zero attached hydrogens (tertiary/aromatic N) is 4. The molecule has 8 heteroatoms. The van der Waals surface area contributed by atoms with E-state index in [-0.39, 0.29) is 23.8 Å². The van der Waals surface area contributed by atoms with Gasteiger partial charge in [0.25, 0.3) is 11.8 Å². The number of carbonyl (C=O) groups is 2. The molecule has 0 radical (unpaired) electrons. The van der Waals surface area contributed by atoms with Crippen molar-refractivity contribution in [2.45, 2.75) is 38.1 Å². The second kappa shape index (κ2) is 9.97. The van der Waals surface area contributed by atoms with Crippen molar-refractivity contribution < 1.29 is 14.3 Å². The van der Waals surface area contributed by atoms with Gasteiger partial charge in [0.05, 0.1) is 17.7 Å². The molecule has 1 N–H and O–H groups in total. The van der Waals surface area contributed by atoms with Crippen molar-refractivity contribution in [1.82, 2.24) is 20.2 Å². The monoisotopic (exact) mass is 437 g/mol. The standard InChI is InChI=1S/C24H31N5O3/c1-28(2)24-25-14-18(15-26-24)23(31)29-12-11-20-17(16-29)8-4-3-7-13-32-21-10-6-5-9-19(21)22(30)27-20/h5-6,9-10,14-15,17,20H,3-4,7-8,11-13,16H2,1-2H3,(H,27,30)/t17-,20+/m0/s1. The van der Waals surface area contributed by atoms with Gasteiger partial charge >= 0.3 is 0 Å². The van der Waals surface area contributed by atoms with Crippen molar-refractivity contribution in [3.63, 3.8) is 0 Å². The zero-order valence-corrected chi connectivity index (χ0v) is 18.8. The van der Waals surface area contributed by atoms with Gasteiger partial charge < -0.3 is 19.9 Å². The van der Waals surface area contributed by atoms with Crippen LogP contribution in [0.5, 0.6) is 5.75 Å². The Labute approximate surface area is 189 Å². The number of piperidine rings is 1. The summed E-state index contributed by atoms with van der Waals surface area (Å²) in [5.41, 5.74) is 1.07. The van der Waals surface area contributed by atoms with E-state index in [1.54, 1.807) is 17.3 Å². The maximum absolute atomic E-state index is 13.1. The molecule has 1 aromatic heterocycles. The molecule has 1 saturated heterocycles. The van der Waals surface area contributed by atoms with Crippen LogP contribution in [0.3, 0.4) is 0 Å². The molecule has 2 aromatic rings. The van der Waals surface area contributed by atoms with Crippen molar-refractivity contribution >= 4 is 17.8 Å². The molecule has 2 aliphatic rings. The van der Waals surface area contributed by atoms with Gasteiger partial charge in [0, 0.05) is 45.6 Å². The van der Waals surface area contributed by atoms with Gasteiger partial charge in [0.15, 0.2) is 0 Å². The molecule has 2 amide bonds. The van der Waals surface area contributed by atoms with Crippen molar-refractivity contribution in [3.05, 3.63) is 47.8 Å². The first-order valence-electron chi connectivity index (χ1n) is 11.3. The quantitative estimate of drug-likeness (QED) is 0.777. The first-order chi connectivity index (χ1) is 15.5. The maximum Gasteiger partial charge on any atom is 0.257 e. The Balaban J connectivity index is 1.48. The van der Waals surface area contributed by atoms with E-state index in [1.807, 2.05) is 43.3 Å². The van der Waals surface area contributed by atoms with Gasteiger partial charge in [-0.25, -0.2) is 9.97 Å². The molecule has 1 fully saturated rings. The second-order valence-electron chi connectivity index (χ2n) is 8.74. The molecule has 0 bridgehead atoms. The lowest BCUT2D eigenvalue weighted by Gasteiger charge is -2.39. The van der Waals surface area contributed by atoms with Gasteiger partial charge in [-0.15, -0.1) is 0 Å². The Morgan fingerprint density at radius 1 is 1.12 bits per heavy atom. The van der Waals surface area contributed by atoms with Crippen LogP contribution >= 0.6 is 0 Å². The third-order valence-electron chi connectivity index (χ3n) is 6.23. The van der Waals surface area contributed by atoms with Crippen LogP contribution in [0.2, 0.25) is 0 Å². The fraction of sp³-hybridized carbons (Fsp3) is 0.500. The normalized spacial score (nSPS) is 21.7. The van der Waals surface area contributed by atoms with E-state index in [1.165, 1.54) is 0 Å². The van der Waals surface area contributed by atoms with Crippen LogP contribution in [0.4, 0.5) is 5.95 Å². The van der Waals surface area contributed by atoms with Crippen molar-refractivity contribution in [2.75, 3.05) is 38.7 Å². The van der Waals surface area contributed by atoms with Crippen molar-refractivity contribution in [2.24, 2.45) is 5.92 Å². The SMILES string of the molecule is CN(C)c1ncc(C(=O)N2CC[C@H]3NC(=O)c4ccccc4OCCCCC[C@H]3C2)cn1. The van der Waals surface area contributed by atoms with E-state index < -0.39 is 0 Å². The number of para-hydroxylation sites is 1. The van der Waals surface area contributed by atoms with Crippen LogP contribution in [0.15, 0.2) is 36.7 Å². The van der Waals surface area contributed by atoms with E-state index in [9.17, 15) is 9.59 Å². The summed E-state index contributed by atoms with van der Waals surface area (Å²) in [6, 6.07) is 7.44. The number of carbonyl (C=O) groups excluding carboxylic acids is 2. The van der Waals surface area contributed by atoms with Gasteiger partial charge in [-0.3, -0.25) is 9.59 Å². The first-order valence-corrected chi connectivity index (χ1v) is 11.3. The van der Waals surface area contributed by atoms with E-state index >= 15 is 0 Å². The van der Waals surface area contributed by atoms with E-state index in [4.69, 9.17) is 4.74 Å². The van der Waals surface area contributed by atoms with Gasteiger partial charge in [0.1, 0.15) is 5.75 Å². The molecule has 2 atom stereocenters. The Bertz CT molecular complexity index is 947. The molecular formula is C24H31N5O3. The van der Waals surface area contributed by atoms with Crippen LogP contribution < -0.4 is 15.0 Å². The topological polar surface area (TPSA) is 87.7 Å². The van der Waals surface area contributed by atoms with Gasteiger partial charge in [0.2, 0.25) is 5.95 Å². The fourth-order valence-electron chi connectivity index (χ4n) is 4.44. The summed E-state index contributed by atoms with van der Waals surface area (Å²) in [5.74, 6) is 1.27. The summed E-state index contributed by atoms with van der Waals surface area (Å²) in [4.78, 5) is 38.3. The molecule has 1 aromatic carbocycles. The Hall–Kier alpha value is -3.16. The molecule has 0 spiro atoms. The van der Waals surface area contributed by atoms with Crippen LogP contribution in [0.1, 0.15) is 52.8 Å². The number of hydrogen-bond donors (Lipinski definition) is 1. The minimum Gasteiger partial charge on any atom is -0.493 e.